The summed E-state index contributed by atoms with van der Waals surface area (Å²) in [5.74, 6) is -0.0560. The van der Waals surface area contributed by atoms with Crippen LogP contribution in [0.3, 0.4) is 0 Å². The number of anilines is 1. The molecule has 0 aliphatic carbocycles. The molecule has 3 heteroatoms. The topological polar surface area (TPSA) is 41.1 Å². The molecule has 1 amide bonds. The van der Waals surface area contributed by atoms with Gasteiger partial charge >= 0.3 is 0 Å². The summed E-state index contributed by atoms with van der Waals surface area (Å²) >= 11 is 0. The largest absolute Gasteiger partial charge is 0.387 e. The number of aryl methyl sites for hydroxylation is 2. The predicted octanol–water partition coefficient (Wildman–Crippen LogP) is 3.28. The van der Waals surface area contributed by atoms with Gasteiger partial charge in [0.25, 0.3) is 5.91 Å². The highest BCUT2D eigenvalue weighted by atomic mass is 16.1. The zero-order valence-corrected chi connectivity index (χ0v) is 12.2. The third-order valence-electron chi connectivity index (χ3n) is 3.22. The van der Waals surface area contributed by atoms with Gasteiger partial charge in [0.15, 0.2) is 0 Å². The van der Waals surface area contributed by atoms with E-state index in [9.17, 15) is 4.79 Å². The standard InChI is InChI=1S/C17H20N2O/c1-12-5-4-6-14(9-12)11-19-17(20)15-10-13(2)7-8-16(15)18-3/h4-10,18H,11H2,1-3H3,(H,19,20). The van der Waals surface area contributed by atoms with Gasteiger partial charge in [0.05, 0.1) is 5.56 Å². The Kier molecular flexibility index (Phi) is 4.41. The van der Waals surface area contributed by atoms with Crippen LogP contribution in [0.4, 0.5) is 5.69 Å². The summed E-state index contributed by atoms with van der Waals surface area (Å²) in [6.45, 7) is 4.57. The molecule has 2 rings (SSSR count). The van der Waals surface area contributed by atoms with Crippen LogP contribution in [-0.4, -0.2) is 13.0 Å². The normalized spacial score (nSPS) is 10.2. The maximum Gasteiger partial charge on any atom is 0.253 e. The van der Waals surface area contributed by atoms with Crippen LogP contribution in [0.25, 0.3) is 0 Å². The van der Waals surface area contributed by atoms with Gasteiger partial charge in [-0.25, -0.2) is 0 Å². The molecule has 2 aromatic rings. The average Bonchev–Trinajstić information content (AvgIpc) is 2.45. The summed E-state index contributed by atoms with van der Waals surface area (Å²) in [7, 11) is 1.82. The molecule has 0 heterocycles. The lowest BCUT2D eigenvalue weighted by atomic mass is 10.1. The first kappa shape index (κ1) is 14.1. The fraction of sp³-hybridized carbons (Fsp3) is 0.235. The van der Waals surface area contributed by atoms with E-state index in [4.69, 9.17) is 0 Å². The number of carbonyl (C=O) groups excluding carboxylic acids is 1. The Labute approximate surface area is 120 Å². The number of nitrogens with one attached hydrogen (secondary N) is 2. The Morgan fingerprint density at radius 2 is 1.80 bits per heavy atom. The highest BCUT2D eigenvalue weighted by Crippen LogP contribution is 2.17. The fourth-order valence-corrected chi connectivity index (χ4v) is 2.16. The van der Waals surface area contributed by atoms with Gasteiger partial charge in [0.2, 0.25) is 0 Å². The molecule has 0 fully saturated rings. The van der Waals surface area contributed by atoms with Crippen molar-refractivity contribution in [2.45, 2.75) is 20.4 Å². The van der Waals surface area contributed by atoms with Crippen LogP contribution in [-0.2, 0) is 6.54 Å². The number of amides is 1. The number of rotatable bonds is 4. The van der Waals surface area contributed by atoms with Crippen LogP contribution in [0.15, 0.2) is 42.5 Å². The summed E-state index contributed by atoms with van der Waals surface area (Å²) in [6, 6.07) is 14.0. The van der Waals surface area contributed by atoms with Gasteiger partial charge in [-0.05, 0) is 31.5 Å². The monoisotopic (exact) mass is 268 g/mol. The Balaban J connectivity index is 2.10. The molecule has 0 atom stereocenters. The van der Waals surface area contributed by atoms with E-state index >= 15 is 0 Å². The number of benzene rings is 2. The van der Waals surface area contributed by atoms with Gasteiger partial charge in [-0.3, -0.25) is 4.79 Å². The molecular formula is C17H20N2O. The maximum atomic E-state index is 12.3. The van der Waals surface area contributed by atoms with Crippen LogP contribution in [0, 0.1) is 13.8 Å². The minimum absolute atomic E-state index is 0.0560. The first-order valence-electron chi connectivity index (χ1n) is 6.72. The minimum Gasteiger partial charge on any atom is -0.387 e. The van der Waals surface area contributed by atoms with E-state index in [-0.39, 0.29) is 5.91 Å². The highest BCUT2D eigenvalue weighted by molar-refractivity contribution is 5.99. The van der Waals surface area contributed by atoms with Gasteiger partial charge in [0, 0.05) is 19.3 Å². The van der Waals surface area contributed by atoms with Crippen LogP contribution >= 0.6 is 0 Å². The van der Waals surface area contributed by atoms with Crippen LogP contribution < -0.4 is 10.6 Å². The van der Waals surface area contributed by atoms with E-state index < -0.39 is 0 Å². The smallest absolute Gasteiger partial charge is 0.253 e. The van der Waals surface area contributed by atoms with Gasteiger partial charge in [0.1, 0.15) is 0 Å². The zero-order valence-electron chi connectivity index (χ0n) is 12.2. The summed E-state index contributed by atoms with van der Waals surface area (Å²) in [4.78, 5) is 12.3. The molecule has 0 aliphatic rings. The molecule has 2 aromatic carbocycles. The van der Waals surface area contributed by atoms with E-state index in [0.717, 1.165) is 16.8 Å². The minimum atomic E-state index is -0.0560. The molecule has 0 saturated carbocycles. The average molecular weight is 268 g/mol. The molecule has 0 unspecified atom stereocenters. The molecular weight excluding hydrogens is 248 g/mol. The molecule has 0 saturated heterocycles. The molecule has 0 spiro atoms. The summed E-state index contributed by atoms with van der Waals surface area (Å²) in [6.07, 6.45) is 0. The lowest BCUT2D eigenvalue weighted by molar-refractivity contribution is 0.0951. The Morgan fingerprint density at radius 3 is 2.50 bits per heavy atom. The van der Waals surface area contributed by atoms with Gasteiger partial charge in [-0.2, -0.15) is 0 Å². The summed E-state index contributed by atoms with van der Waals surface area (Å²) in [5, 5.41) is 6.02. The second-order valence-corrected chi connectivity index (χ2v) is 4.97. The van der Waals surface area contributed by atoms with Crippen molar-refractivity contribution in [2.75, 3.05) is 12.4 Å². The molecule has 20 heavy (non-hydrogen) atoms. The fourth-order valence-electron chi connectivity index (χ4n) is 2.16. The van der Waals surface area contributed by atoms with Crippen molar-refractivity contribution >= 4 is 11.6 Å². The van der Waals surface area contributed by atoms with Crippen molar-refractivity contribution in [1.29, 1.82) is 0 Å². The third kappa shape index (κ3) is 3.38. The number of hydrogen-bond donors (Lipinski definition) is 2. The lowest BCUT2D eigenvalue weighted by Gasteiger charge is -2.11. The number of hydrogen-bond acceptors (Lipinski definition) is 2. The Bertz CT molecular complexity index is 620. The zero-order chi connectivity index (χ0) is 14.5. The van der Waals surface area contributed by atoms with Gasteiger partial charge in [-0.1, -0.05) is 41.5 Å². The van der Waals surface area contributed by atoms with Crippen molar-refractivity contribution in [3.05, 3.63) is 64.7 Å². The molecule has 104 valence electrons. The second kappa shape index (κ2) is 6.24. The van der Waals surface area contributed by atoms with Crippen molar-refractivity contribution in [3.8, 4) is 0 Å². The Hall–Kier alpha value is -2.29. The Morgan fingerprint density at radius 1 is 1.05 bits per heavy atom. The third-order valence-corrected chi connectivity index (χ3v) is 3.22. The van der Waals surface area contributed by atoms with Crippen LogP contribution in [0.2, 0.25) is 0 Å². The van der Waals surface area contributed by atoms with Crippen LogP contribution in [0.1, 0.15) is 27.0 Å². The van der Waals surface area contributed by atoms with E-state index in [1.54, 1.807) is 0 Å². The van der Waals surface area contributed by atoms with E-state index in [2.05, 4.69) is 16.7 Å². The van der Waals surface area contributed by atoms with Gasteiger partial charge in [-0.15, -0.1) is 0 Å². The van der Waals surface area contributed by atoms with Crippen molar-refractivity contribution in [1.82, 2.24) is 5.32 Å². The van der Waals surface area contributed by atoms with Gasteiger partial charge < -0.3 is 10.6 Å². The first-order chi connectivity index (χ1) is 9.60. The van der Waals surface area contributed by atoms with E-state index in [1.807, 2.05) is 57.3 Å². The molecule has 2 N–H and O–H groups in total. The summed E-state index contributed by atoms with van der Waals surface area (Å²) < 4.78 is 0. The predicted molar refractivity (Wildman–Crippen MR) is 83.1 cm³/mol. The van der Waals surface area contributed by atoms with Crippen molar-refractivity contribution in [2.24, 2.45) is 0 Å². The first-order valence-corrected chi connectivity index (χ1v) is 6.72. The lowest BCUT2D eigenvalue weighted by Crippen LogP contribution is -2.23. The van der Waals surface area contributed by atoms with E-state index in [0.29, 0.717) is 12.1 Å². The quantitative estimate of drug-likeness (QED) is 0.893. The van der Waals surface area contributed by atoms with Crippen molar-refractivity contribution < 1.29 is 4.79 Å². The SMILES string of the molecule is CNc1ccc(C)cc1C(=O)NCc1cccc(C)c1. The van der Waals surface area contributed by atoms with Crippen molar-refractivity contribution in [3.63, 3.8) is 0 Å². The second-order valence-electron chi connectivity index (χ2n) is 4.97. The summed E-state index contributed by atoms with van der Waals surface area (Å²) in [5.41, 5.74) is 4.91. The molecule has 0 radical (unpaired) electrons. The number of carbonyl (C=O) groups is 1. The molecule has 0 aromatic heterocycles. The highest BCUT2D eigenvalue weighted by Gasteiger charge is 2.10. The molecule has 0 bridgehead atoms. The van der Waals surface area contributed by atoms with Crippen LogP contribution in [0.5, 0.6) is 0 Å². The molecule has 3 nitrogen and oxygen atoms in total. The molecule has 0 aliphatic heterocycles. The van der Waals surface area contributed by atoms with E-state index in [1.165, 1.54) is 5.56 Å². The maximum absolute atomic E-state index is 12.3.